The highest BCUT2D eigenvalue weighted by atomic mass is 15.0. The molecular weight excluding hydrogens is 673 g/mol. The van der Waals surface area contributed by atoms with Crippen LogP contribution in [-0.4, -0.2) is 29.5 Å². The Morgan fingerprint density at radius 1 is 0.327 bits per heavy atom. The van der Waals surface area contributed by atoms with Crippen LogP contribution in [0.2, 0.25) is 0 Å². The molecule has 0 radical (unpaired) electrons. The molecule has 0 saturated heterocycles. The van der Waals surface area contributed by atoms with Crippen molar-refractivity contribution in [3.05, 3.63) is 182 Å². The first kappa shape index (κ1) is 31.0. The van der Waals surface area contributed by atoms with Crippen LogP contribution in [0, 0.1) is 0 Å². The first-order valence-electron chi connectivity index (χ1n) is 18.3. The Morgan fingerprint density at radius 3 is 1.56 bits per heavy atom. The van der Waals surface area contributed by atoms with E-state index < -0.39 is 0 Å². The molecule has 11 aromatic rings. The molecule has 256 valence electrons. The molecule has 3 aromatic heterocycles. The quantitative estimate of drug-likeness (QED) is 0.167. The van der Waals surface area contributed by atoms with Crippen molar-refractivity contribution in [1.29, 1.82) is 0 Å². The van der Waals surface area contributed by atoms with E-state index >= 15 is 0 Å². The summed E-state index contributed by atoms with van der Waals surface area (Å²) in [6.45, 7) is 0. The van der Waals surface area contributed by atoms with E-state index in [0.29, 0.717) is 17.5 Å². The fourth-order valence-electron chi connectivity index (χ4n) is 8.09. The van der Waals surface area contributed by atoms with E-state index in [0.717, 1.165) is 71.7 Å². The molecule has 0 unspecified atom stereocenters. The maximum Gasteiger partial charge on any atom is 0.164 e. The Kier molecular flexibility index (Phi) is 7.07. The fraction of sp³-hybridized carbons (Fsp3) is 0. The summed E-state index contributed by atoms with van der Waals surface area (Å²) in [6.07, 6.45) is 3.57. The van der Waals surface area contributed by atoms with Crippen LogP contribution in [0.15, 0.2) is 182 Å². The van der Waals surface area contributed by atoms with Crippen LogP contribution >= 0.6 is 0 Å². The second-order valence-corrected chi connectivity index (χ2v) is 13.7. The lowest BCUT2D eigenvalue weighted by molar-refractivity contribution is 1.07. The van der Waals surface area contributed by atoms with Gasteiger partial charge in [-0.1, -0.05) is 146 Å². The topological polar surface area (TPSA) is 69.4 Å². The van der Waals surface area contributed by atoms with E-state index in [4.69, 9.17) is 24.9 Å². The molecule has 0 bridgehead atoms. The van der Waals surface area contributed by atoms with Gasteiger partial charge in [0.25, 0.3) is 0 Å². The van der Waals surface area contributed by atoms with Gasteiger partial charge in [-0.3, -0.25) is 9.97 Å². The number of para-hydroxylation sites is 2. The summed E-state index contributed by atoms with van der Waals surface area (Å²) < 4.78 is 2.39. The summed E-state index contributed by atoms with van der Waals surface area (Å²) in [4.78, 5) is 24.9. The fourth-order valence-corrected chi connectivity index (χ4v) is 8.09. The zero-order chi connectivity index (χ0) is 36.3. The van der Waals surface area contributed by atoms with Gasteiger partial charge in [-0.05, 0) is 40.6 Å². The van der Waals surface area contributed by atoms with Crippen LogP contribution in [0.25, 0.3) is 105 Å². The van der Waals surface area contributed by atoms with Crippen molar-refractivity contribution in [1.82, 2.24) is 29.5 Å². The van der Waals surface area contributed by atoms with Gasteiger partial charge in [0.15, 0.2) is 17.5 Å². The minimum absolute atomic E-state index is 0.614. The van der Waals surface area contributed by atoms with E-state index in [9.17, 15) is 0 Å². The van der Waals surface area contributed by atoms with Crippen molar-refractivity contribution in [3.8, 4) is 51.0 Å². The minimum atomic E-state index is 0.614. The Bertz CT molecular complexity index is 3200. The Balaban J connectivity index is 1.18. The van der Waals surface area contributed by atoms with Crippen LogP contribution in [0.4, 0.5) is 0 Å². The van der Waals surface area contributed by atoms with Gasteiger partial charge < -0.3 is 4.57 Å². The number of fused-ring (bicyclic) bond motifs is 9. The van der Waals surface area contributed by atoms with E-state index in [1.165, 1.54) is 16.2 Å². The maximum atomic E-state index is 5.12. The van der Waals surface area contributed by atoms with Crippen molar-refractivity contribution >= 4 is 54.4 Å². The van der Waals surface area contributed by atoms with Crippen molar-refractivity contribution in [2.45, 2.75) is 0 Å². The number of aromatic nitrogens is 6. The Morgan fingerprint density at radius 2 is 0.855 bits per heavy atom. The molecule has 0 aliphatic carbocycles. The number of rotatable bonds is 5. The molecule has 11 rings (SSSR count). The molecule has 0 atom stereocenters. The second-order valence-electron chi connectivity index (χ2n) is 13.7. The van der Waals surface area contributed by atoms with Crippen molar-refractivity contribution in [2.24, 2.45) is 0 Å². The van der Waals surface area contributed by atoms with E-state index in [1.54, 1.807) is 12.4 Å². The minimum Gasteiger partial charge on any atom is -0.309 e. The normalized spacial score (nSPS) is 11.6. The van der Waals surface area contributed by atoms with Gasteiger partial charge in [0.1, 0.15) is 0 Å². The van der Waals surface area contributed by atoms with Crippen LogP contribution in [0.1, 0.15) is 0 Å². The number of benzene rings is 8. The lowest BCUT2D eigenvalue weighted by atomic mass is 9.96. The smallest absolute Gasteiger partial charge is 0.164 e. The summed E-state index contributed by atoms with van der Waals surface area (Å²) in [5.74, 6) is 1.87. The highest BCUT2D eigenvalue weighted by Crippen LogP contribution is 2.42. The van der Waals surface area contributed by atoms with Crippen molar-refractivity contribution in [2.75, 3.05) is 0 Å². The van der Waals surface area contributed by atoms with Gasteiger partial charge in [0.05, 0.1) is 27.8 Å². The highest BCUT2D eigenvalue weighted by Gasteiger charge is 2.21. The molecule has 0 aliphatic heterocycles. The zero-order valence-corrected chi connectivity index (χ0v) is 29.5. The molecule has 0 saturated carbocycles. The van der Waals surface area contributed by atoms with E-state index in [1.807, 2.05) is 60.7 Å². The monoisotopic (exact) mass is 702 g/mol. The second kappa shape index (κ2) is 12.5. The average molecular weight is 703 g/mol. The third kappa shape index (κ3) is 5.00. The molecule has 8 aromatic carbocycles. The van der Waals surface area contributed by atoms with Crippen LogP contribution < -0.4 is 0 Å². The molecule has 6 nitrogen and oxygen atoms in total. The molecule has 55 heavy (non-hydrogen) atoms. The van der Waals surface area contributed by atoms with Crippen LogP contribution in [0.5, 0.6) is 0 Å². The number of hydrogen-bond acceptors (Lipinski definition) is 5. The molecule has 0 fully saturated rings. The molecule has 0 spiro atoms. The van der Waals surface area contributed by atoms with Crippen LogP contribution in [0.3, 0.4) is 0 Å². The SMILES string of the molecule is c1ccc(-c2nc(-c3ccccc3)nc(-c3ccccc3-c3ccccc3-n3c4ccccc4c4cc5c6ccccc6c6nccnc6c5cc43)n2)cc1. The molecule has 0 N–H and O–H groups in total. The predicted molar refractivity (Wildman–Crippen MR) is 224 cm³/mol. The van der Waals surface area contributed by atoms with Gasteiger partial charge >= 0.3 is 0 Å². The summed E-state index contributed by atoms with van der Waals surface area (Å²) in [5, 5.41) is 6.87. The third-order valence-electron chi connectivity index (χ3n) is 10.5. The lowest BCUT2D eigenvalue weighted by Crippen LogP contribution is -2.02. The summed E-state index contributed by atoms with van der Waals surface area (Å²) in [6, 6.07) is 59.1. The largest absolute Gasteiger partial charge is 0.309 e. The first-order valence-corrected chi connectivity index (χ1v) is 18.3. The molecule has 0 amide bonds. The van der Waals surface area contributed by atoms with Crippen LogP contribution in [-0.2, 0) is 0 Å². The average Bonchev–Trinajstić information content (AvgIpc) is 3.59. The van der Waals surface area contributed by atoms with Crippen molar-refractivity contribution in [3.63, 3.8) is 0 Å². The maximum absolute atomic E-state index is 5.12. The third-order valence-corrected chi connectivity index (χ3v) is 10.5. The standard InChI is InChI=1S/C49H30N6/c1-3-15-31(16-4-1)47-52-48(32-17-5-2-6-18-32)54-49(53-47)38-24-10-8-19-33(38)35-21-11-13-25-42(35)55-43-26-14-12-22-36(43)40-29-39-34-20-7-9-23-37(34)45-46(51-28-27-50-45)41(39)30-44(40)55/h1-30H. The van der Waals surface area contributed by atoms with E-state index in [2.05, 4.69) is 114 Å². The molecular formula is C49H30N6. The molecule has 0 aliphatic rings. The summed E-state index contributed by atoms with van der Waals surface area (Å²) >= 11 is 0. The zero-order valence-electron chi connectivity index (χ0n) is 29.5. The van der Waals surface area contributed by atoms with Gasteiger partial charge in [-0.15, -0.1) is 0 Å². The van der Waals surface area contributed by atoms with E-state index in [-0.39, 0.29) is 0 Å². The molecule has 3 heterocycles. The number of hydrogen-bond donors (Lipinski definition) is 0. The number of nitrogens with zero attached hydrogens (tertiary/aromatic N) is 6. The van der Waals surface area contributed by atoms with Gasteiger partial charge in [-0.25, -0.2) is 15.0 Å². The van der Waals surface area contributed by atoms with Gasteiger partial charge in [0.2, 0.25) is 0 Å². The van der Waals surface area contributed by atoms with Gasteiger partial charge in [-0.2, -0.15) is 0 Å². The highest BCUT2D eigenvalue weighted by molar-refractivity contribution is 6.27. The Labute approximate surface area is 316 Å². The predicted octanol–water partition coefficient (Wildman–Crippen LogP) is 11.9. The first-order chi connectivity index (χ1) is 27.3. The van der Waals surface area contributed by atoms with Crippen molar-refractivity contribution < 1.29 is 0 Å². The summed E-state index contributed by atoms with van der Waals surface area (Å²) in [7, 11) is 0. The lowest BCUT2D eigenvalue weighted by Gasteiger charge is -2.17. The Hall–Kier alpha value is -7.57. The summed E-state index contributed by atoms with van der Waals surface area (Å²) in [5.41, 5.74) is 9.95. The van der Waals surface area contributed by atoms with Gasteiger partial charge in [0, 0.05) is 56.2 Å². The molecule has 6 heteroatoms.